The predicted molar refractivity (Wildman–Crippen MR) is 65.1 cm³/mol. The minimum absolute atomic E-state index is 0.590. The highest BCUT2D eigenvalue weighted by Crippen LogP contribution is 2.31. The van der Waals surface area contributed by atoms with Crippen LogP contribution < -0.4 is 5.32 Å². The highest BCUT2D eigenvalue weighted by molar-refractivity contribution is 5.38. The van der Waals surface area contributed by atoms with Crippen molar-refractivity contribution >= 4 is 0 Å². The van der Waals surface area contributed by atoms with Crippen LogP contribution in [0, 0.1) is 5.92 Å². The smallest absolute Gasteiger partial charge is 0.0323 e. The van der Waals surface area contributed by atoms with Crippen LogP contribution in [0.4, 0.5) is 0 Å². The average Bonchev–Trinajstić information content (AvgIpc) is 2.59. The van der Waals surface area contributed by atoms with Gasteiger partial charge in [0.25, 0.3) is 0 Å². The second-order valence-electron chi connectivity index (χ2n) is 5.01. The zero-order chi connectivity index (χ0) is 10.8. The SMILES string of the molecule is CNC1CCc2ccc(CC(C)C)cc21. The second-order valence-corrected chi connectivity index (χ2v) is 5.01. The van der Waals surface area contributed by atoms with Gasteiger partial charge in [0.1, 0.15) is 0 Å². The van der Waals surface area contributed by atoms with Gasteiger partial charge in [-0.3, -0.25) is 0 Å². The van der Waals surface area contributed by atoms with E-state index in [9.17, 15) is 0 Å². The molecule has 0 bridgehead atoms. The molecule has 1 heteroatoms. The molecule has 0 amide bonds. The van der Waals surface area contributed by atoms with Crippen LogP contribution in [0.2, 0.25) is 0 Å². The van der Waals surface area contributed by atoms with E-state index in [0.29, 0.717) is 6.04 Å². The lowest BCUT2D eigenvalue weighted by Crippen LogP contribution is -2.13. The minimum Gasteiger partial charge on any atom is -0.313 e. The standard InChI is InChI=1S/C14H21N/c1-10(2)8-11-4-5-12-6-7-14(15-3)13(12)9-11/h4-5,9-10,14-15H,6-8H2,1-3H3. The third-order valence-corrected chi connectivity index (χ3v) is 3.28. The highest BCUT2D eigenvalue weighted by Gasteiger charge is 2.20. The summed E-state index contributed by atoms with van der Waals surface area (Å²) in [7, 11) is 2.06. The topological polar surface area (TPSA) is 12.0 Å². The highest BCUT2D eigenvalue weighted by atomic mass is 14.9. The van der Waals surface area contributed by atoms with E-state index in [0.717, 1.165) is 5.92 Å². The van der Waals surface area contributed by atoms with E-state index in [-0.39, 0.29) is 0 Å². The first-order valence-corrected chi connectivity index (χ1v) is 5.99. The molecule has 0 radical (unpaired) electrons. The number of rotatable bonds is 3. The molecular formula is C14H21N. The Morgan fingerprint density at radius 1 is 1.40 bits per heavy atom. The van der Waals surface area contributed by atoms with Crippen molar-refractivity contribution < 1.29 is 0 Å². The monoisotopic (exact) mass is 203 g/mol. The zero-order valence-corrected chi connectivity index (χ0v) is 10.0. The van der Waals surface area contributed by atoms with Crippen molar-refractivity contribution in [3.8, 4) is 0 Å². The fourth-order valence-corrected chi connectivity index (χ4v) is 2.55. The number of hydrogen-bond donors (Lipinski definition) is 1. The van der Waals surface area contributed by atoms with Gasteiger partial charge >= 0.3 is 0 Å². The molecule has 0 fully saturated rings. The van der Waals surface area contributed by atoms with Gasteiger partial charge in [0, 0.05) is 6.04 Å². The second kappa shape index (κ2) is 4.36. The van der Waals surface area contributed by atoms with Crippen molar-refractivity contribution in [2.75, 3.05) is 7.05 Å². The molecule has 0 spiro atoms. The normalized spacial score (nSPS) is 19.6. The summed E-state index contributed by atoms with van der Waals surface area (Å²) in [6.07, 6.45) is 3.70. The summed E-state index contributed by atoms with van der Waals surface area (Å²) in [5.41, 5.74) is 4.57. The molecule has 1 aliphatic rings. The van der Waals surface area contributed by atoms with Crippen molar-refractivity contribution in [1.82, 2.24) is 5.32 Å². The largest absolute Gasteiger partial charge is 0.313 e. The minimum atomic E-state index is 0.590. The zero-order valence-electron chi connectivity index (χ0n) is 10.0. The molecule has 0 heterocycles. The molecule has 1 atom stereocenters. The molecule has 0 saturated carbocycles. The van der Waals surface area contributed by atoms with E-state index in [4.69, 9.17) is 0 Å². The lowest BCUT2D eigenvalue weighted by atomic mass is 9.98. The number of aryl methyl sites for hydroxylation is 1. The van der Waals surface area contributed by atoms with Crippen LogP contribution >= 0.6 is 0 Å². The average molecular weight is 203 g/mol. The number of hydrogen-bond acceptors (Lipinski definition) is 1. The van der Waals surface area contributed by atoms with Crippen molar-refractivity contribution in [2.24, 2.45) is 5.92 Å². The summed E-state index contributed by atoms with van der Waals surface area (Å²) in [5, 5.41) is 3.40. The summed E-state index contributed by atoms with van der Waals surface area (Å²) < 4.78 is 0. The van der Waals surface area contributed by atoms with Gasteiger partial charge in [-0.25, -0.2) is 0 Å². The summed E-state index contributed by atoms with van der Waals surface area (Å²) >= 11 is 0. The Balaban J connectivity index is 2.24. The fraction of sp³-hybridized carbons (Fsp3) is 0.571. The Bertz CT molecular complexity index is 341. The van der Waals surface area contributed by atoms with E-state index < -0.39 is 0 Å². The van der Waals surface area contributed by atoms with E-state index >= 15 is 0 Å². The maximum Gasteiger partial charge on any atom is 0.0323 e. The molecule has 1 unspecified atom stereocenters. The third kappa shape index (κ3) is 2.23. The van der Waals surface area contributed by atoms with Gasteiger partial charge in [-0.2, -0.15) is 0 Å². The van der Waals surface area contributed by atoms with Crippen molar-refractivity contribution in [1.29, 1.82) is 0 Å². The van der Waals surface area contributed by atoms with Gasteiger partial charge in [-0.05, 0) is 48.9 Å². The van der Waals surface area contributed by atoms with E-state index in [1.165, 1.54) is 30.4 Å². The molecule has 0 aromatic heterocycles. The Morgan fingerprint density at radius 3 is 2.87 bits per heavy atom. The molecular weight excluding hydrogens is 182 g/mol. The van der Waals surface area contributed by atoms with Crippen molar-refractivity contribution in [3.63, 3.8) is 0 Å². The molecule has 2 rings (SSSR count). The maximum absolute atomic E-state index is 3.40. The van der Waals surface area contributed by atoms with Crippen molar-refractivity contribution in [3.05, 3.63) is 34.9 Å². The lowest BCUT2D eigenvalue weighted by Gasteiger charge is -2.12. The maximum atomic E-state index is 3.40. The first kappa shape index (κ1) is 10.7. The van der Waals surface area contributed by atoms with Gasteiger partial charge in [0.2, 0.25) is 0 Å². The molecule has 82 valence electrons. The van der Waals surface area contributed by atoms with Crippen LogP contribution in [0.1, 0.15) is 43.0 Å². The molecule has 15 heavy (non-hydrogen) atoms. The van der Waals surface area contributed by atoms with Gasteiger partial charge in [-0.1, -0.05) is 32.0 Å². The molecule has 1 aliphatic carbocycles. The van der Waals surface area contributed by atoms with Crippen LogP contribution in [-0.4, -0.2) is 7.05 Å². The quantitative estimate of drug-likeness (QED) is 0.796. The number of benzene rings is 1. The summed E-state index contributed by atoms with van der Waals surface area (Å²) in [4.78, 5) is 0. The van der Waals surface area contributed by atoms with Gasteiger partial charge < -0.3 is 5.32 Å². The summed E-state index contributed by atoms with van der Waals surface area (Å²) in [6.45, 7) is 4.56. The number of nitrogens with one attached hydrogen (secondary N) is 1. The van der Waals surface area contributed by atoms with E-state index in [2.05, 4.69) is 44.4 Å². The van der Waals surface area contributed by atoms with Crippen LogP contribution in [0.3, 0.4) is 0 Å². The van der Waals surface area contributed by atoms with Crippen LogP contribution in [0.5, 0.6) is 0 Å². The van der Waals surface area contributed by atoms with Crippen LogP contribution in [-0.2, 0) is 12.8 Å². The molecule has 1 nitrogen and oxygen atoms in total. The third-order valence-electron chi connectivity index (χ3n) is 3.28. The Labute approximate surface area is 92.9 Å². The van der Waals surface area contributed by atoms with E-state index in [1.807, 2.05) is 0 Å². The fourth-order valence-electron chi connectivity index (χ4n) is 2.55. The number of fused-ring (bicyclic) bond motifs is 1. The summed E-state index contributed by atoms with van der Waals surface area (Å²) in [5.74, 6) is 0.748. The molecule has 0 saturated heterocycles. The van der Waals surface area contributed by atoms with Gasteiger partial charge in [0.15, 0.2) is 0 Å². The lowest BCUT2D eigenvalue weighted by molar-refractivity contribution is 0.589. The van der Waals surface area contributed by atoms with E-state index in [1.54, 1.807) is 5.56 Å². The molecule has 1 N–H and O–H groups in total. The Hall–Kier alpha value is -0.820. The van der Waals surface area contributed by atoms with Crippen molar-refractivity contribution in [2.45, 2.75) is 39.2 Å². The van der Waals surface area contributed by atoms with Gasteiger partial charge in [-0.15, -0.1) is 0 Å². The Kier molecular flexibility index (Phi) is 3.11. The molecule has 1 aromatic rings. The predicted octanol–water partition coefficient (Wildman–Crippen LogP) is 3.09. The van der Waals surface area contributed by atoms with Crippen LogP contribution in [0.15, 0.2) is 18.2 Å². The first-order valence-electron chi connectivity index (χ1n) is 5.99. The molecule has 1 aromatic carbocycles. The molecule has 0 aliphatic heterocycles. The van der Waals surface area contributed by atoms with Gasteiger partial charge in [0.05, 0.1) is 0 Å². The van der Waals surface area contributed by atoms with Crippen LogP contribution in [0.25, 0.3) is 0 Å². The Morgan fingerprint density at radius 2 is 2.20 bits per heavy atom. The first-order chi connectivity index (χ1) is 7.20. The summed E-state index contributed by atoms with van der Waals surface area (Å²) in [6, 6.07) is 7.62.